The maximum Gasteiger partial charge on any atom is 0.258 e. The van der Waals surface area contributed by atoms with E-state index in [1.165, 1.54) is 5.56 Å². The van der Waals surface area contributed by atoms with Crippen LogP contribution in [0, 0.1) is 0 Å². The van der Waals surface area contributed by atoms with Crippen LogP contribution in [-0.4, -0.2) is 15.3 Å². The lowest BCUT2D eigenvalue weighted by Crippen LogP contribution is -2.40. The quantitative estimate of drug-likeness (QED) is 0.794. The van der Waals surface area contributed by atoms with Crippen LogP contribution in [0.5, 0.6) is 0 Å². The molecular formula is C18H20N2OS. The molecule has 1 aromatic heterocycles. The fourth-order valence-corrected chi connectivity index (χ4v) is 4.90. The van der Waals surface area contributed by atoms with Crippen molar-refractivity contribution in [2.45, 2.75) is 50.2 Å². The Kier molecular flexibility index (Phi) is 3.19. The molecular weight excluding hydrogens is 292 g/mol. The van der Waals surface area contributed by atoms with Crippen LogP contribution in [0.25, 0.3) is 11.3 Å². The lowest BCUT2D eigenvalue weighted by Gasteiger charge is -2.37. The van der Waals surface area contributed by atoms with Gasteiger partial charge in [-0.3, -0.25) is 9.36 Å². The highest BCUT2D eigenvalue weighted by atomic mass is 32.2. The van der Waals surface area contributed by atoms with Crippen molar-refractivity contribution in [3.05, 3.63) is 45.7 Å². The molecule has 3 nitrogen and oxygen atoms in total. The number of rotatable bonds is 2. The van der Waals surface area contributed by atoms with Crippen molar-refractivity contribution in [3.63, 3.8) is 0 Å². The van der Waals surface area contributed by atoms with E-state index in [2.05, 4.69) is 32.0 Å². The molecule has 1 aromatic carbocycles. The zero-order valence-corrected chi connectivity index (χ0v) is 13.9. The largest absolute Gasteiger partial charge is 0.287 e. The molecule has 114 valence electrons. The Labute approximate surface area is 134 Å². The van der Waals surface area contributed by atoms with E-state index in [1.54, 1.807) is 11.8 Å². The standard InChI is InChI=1S/C18H20N2OS/c1-3-18(4-2)11-12-7-5-6-8-13(12)15-14(18)16(21)20-9-10-22-17(20)19-15/h5-8H,3-4,9-11H2,1-2H3. The second-order valence-corrected chi connectivity index (χ2v) is 7.31. The number of fused-ring (bicyclic) bond motifs is 4. The lowest BCUT2D eigenvalue weighted by molar-refractivity contribution is 0.377. The Hall–Kier alpha value is -1.55. The highest BCUT2D eigenvalue weighted by Crippen LogP contribution is 2.45. The van der Waals surface area contributed by atoms with Crippen LogP contribution in [0.1, 0.15) is 37.8 Å². The number of nitrogens with zero attached hydrogens (tertiary/aromatic N) is 2. The summed E-state index contributed by atoms with van der Waals surface area (Å²) in [5, 5.41) is 0.890. The van der Waals surface area contributed by atoms with Crippen molar-refractivity contribution in [3.8, 4) is 11.3 Å². The summed E-state index contributed by atoms with van der Waals surface area (Å²) in [4.78, 5) is 18.1. The summed E-state index contributed by atoms with van der Waals surface area (Å²) in [5.74, 6) is 0.956. The monoisotopic (exact) mass is 312 g/mol. The minimum atomic E-state index is -0.0664. The van der Waals surface area contributed by atoms with Gasteiger partial charge >= 0.3 is 0 Å². The first-order chi connectivity index (χ1) is 10.7. The summed E-state index contributed by atoms with van der Waals surface area (Å²) in [6.07, 6.45) is 2.91. The molecule has 0 bridgehead atoms. The normalized spacial score (nSPS) is 17.7. The zero-order valence-electron chi connectivity index (χ0n) is 13.1. The summed E-state index contributed by atoms with van der Waals surface area (Å²) in [5.41, 5.74) is 4.52. The second kappa shape index (κ2) is 4.98. The van der Waals surface area contributed by atoms with Crippen molar-refractivity contribution in [2.24, 2.45) is 0 Å². The van der Waals surface area contributed by atoms with Crippen molar-refractivity contribution in [1.29, 1.82) is 0 Å². The molecule has 4 heteroatoms. The molecule has 2 heterocycles. The molecule has 0 fully saturated rings. The van der Waals surface area contributed by atoms with Gasteiger partial charge in [0.1, 0.15) is 0 Å². The Bertz CT molecular complexity index is 805. The third-order valence-electron chi connectivity index (χ3n) is 5.37. The first-order valence-corrected chi connectivity index (χ1v) is 9.05. The van der Waals surface area contributed by atoms with E-state index in [1.807, 2.05) is 10.6 Å². The summed E-state index contributed by atoms with van der Waals surface area (Å²) in [7, 11) is 0. The predicted octanol–water partition coefficient (Wildman–Crippen LogP) is 3.63. The van der Waals surface area contributed by atoms with Gasteiger partial charge in [-0.25, -0.2) is 4.98 Å². The number of hydrogen-bond donors (Lipinski definition) is 0. The smallest absolute Gasteiger partial charge is 0.258 e. The highest BCUT2D eigenvalue weighted by molar-refractivity contribution is 7.99. The van der Waals surface area contributed by atoms with E-state index in [-0.39, 0.29) is 11.0 Å². The van der Waals surface area contributed by atoms with Gasteiger partial charge in [0.15, 0.2) is 5.16 Å². The van der Waals surface area contributed by atoms with Crippen LogP contribution in [0.3, 0.4) is 0 Å². The SMILES string of the molecule is CCC1(CC)Cc2ccccc2-c2nc3n(c(=O)c21)CCS3. The Morgan fingerprint density at radius 3 is 2.82 bits per heavy atom. The maximum absolute atomic E-state index is 13.2. The Morgan fingerprint density at radius 1 is 1.27 bits per heavy atom. The van der Waals surface area contributed by atoms with E-state index in [4.69, 9.17) is 4.98 Å². The minimum absolute atomic E-state index is 0.0664. The number of benzene rings is 1. The molecule has 0 saturated heterocycles. The zero-order chi connectivity index (χ0) is 15.3. The number of hydrogen-bond acceptors (Lipinski definition) is 3. The molecule has 4 rings (SSSR count). The number of thioether (sulfide) groups is 1. The van der Waals surface area contributed by atoms with Crippen LogP contribution in [0.4, 0.5) is 0 Å². The van der Waals surface area contributed by atoms with Crippen molar-refractivity contribution in [2.75, 3.05) is 5.75 Å². The first-order valence-electron chi connectivity index (χ1n) is 8.06. The van der Waals surface area contributed by atoms with Gasteiger partial charge in [-0.2, -0.15) is 0 Å². The van der Waals surface area contributed by atoms with E-state index < -0.39 is 0 Å². The van der Waals surface area contributed by atoms with Gasteiger partial charge in [0.2, 0.25) is 0 Å². The van der Waals surface area contributed by atoms with Gasteiger partial charge in [-0.1, -0.05) is 49.9 Å². The lowest BCUT2D eigenvalue weighted by atomic mass is 9.66. The molecule has 1 aliphatic heterocycles. The number of aromatic nitrogens is 2. The molecule has 0 atom stereocenters. The van der Waals surface area contributed by atoms with Gasteiger partial charge in [-0.05, 0) is 24.8 Å². The highest BCUT2D eigenvalue weighted by Gasteiger charge is 2.40. The maximum atomic E-state index is 13.2. The molecule has 0 saturated carbocycles. The summed E-state index contributed by atoms with van der Waals surface area (Å²) in [6, 6.07) is 8.45. The van der Waals surface area contributed by atoms with Crippen LogP contribution >= 0.6 is 11.8 Å². The average Bonchev–Trinajstić information content (AvgIpc) is 3.03. The predicted molar refractivity (Wildman–Crippen MR) is 90.6 cm³/mol. The molecule has 2 aromatic rings. The van der Waals surface area contributed by atoms with Gasteiger partial charge in [0, 0.05) is 23.3 Å². The van der Waals surface area contributed by atoms with Gasteiger partial charge in [0.25, 0.3) is 5.56 Å². The van der Waals surface area contributed by atoms with Crippen molar-refractivity contribution in [1.82, 2.24) is 9.55 Å². The van der Waals surface area contributed by atoms with Crippen molar-refractivity contribution < 1.29 is 0 Å². The minimum Gasteiger partial charge on any atom is -0.287 e. The average molecular weight is 312 g/mol. The van der Waals surface area contributed by atoms with Crippen molar-refractivity contribution >= 4 is 11.8 Å². The molecule has 2 aliphatic rings. The molecule has 22 heavy (non-hydrogen) atoms. The van der Waals surface area contributed by atoms with Crippen LogP contribution < -0.4 is 5.56 Å². The molecule has 0 spiro atoms. The van der Waals surface area contributed by atoms with Gasteiger partial charge in [0.05, 0.1) is 11.3 Å². The molecule has 0 unspecified atom stereocenters. The second-order valence-electron chi connectivity index (χ2n) is 6.24. The van der Waals surface area contributed by atoms with E-state index in [9.17, 15) is 4.79 Å². The molecule has 1 aliphatic carbocycles. The van der Waals surface area contributed by atoms with Crippen LogP contribution in [0.15, 0.2) is 34.2 Å². The van der Waals surface area contributed by atoms with Crippen LogP contribution in [0.2, 0.25) is 0 Å². The Balaban J connectivity index is 2.11. The molecule has 0 amide bonds. The fourth-order valence-electron chi connectivity index (χ4n) is 3.96. The van der Waals surface area contributed by atoms with E-state index in [0.29, 0.717) is 0 Å². The van der Waals surface area contributed by atoms with Crippen LogP contribution in [-0.2, 0) is 18.4 Å². The Morgan fingerprint density at radius 2 is 2.05 bits per heavy atom. The van der Waals surface area contributed by atoms with E-state index >= 15 is 0 Å². The first kappa shape index (κ1) is 14.1. The molecule has 0 N–H and O–H groups in total. The van der Waals surface area contributed by atoms with Gasteiger partial charge < -0.3 is 0 Å². The fraction of sp³-hybridized carbons (Fsp3) is 0.444. The summed E-state index contributed by atoms with van der Waals surface area (Å²) >= 11 is 1.70. The van der Waals surface area contributed by atoms with E-state index in [0.717, 1.165) is 53.5 Å². The third kappa shape index (κ3) is 1.76. The third-order valence-corrected chi connectivity index (χ3v) is 6.32. The molecule has 0 radical (unpaired) electrons. The summed E-state index contributed by atoms with van der Waals surface area (Å²) in [6.45, 7) is 5.20. The topological polar surface area (TPSA) is 34.9 Å². The summed E-state index contributed by atoms with van der Waals surface area (Å²) < 4.78 is 1.89. The van der Waals surface area contributed by atoms with Gasteiger partial charge in [-0.15, -0.1) is 0 Å².